The summed E-state index contributed by atoms with van der Waals surface area (Å²) in [4.78, 5) is 0. The predicted octanol–water partition coefficient (Wildman–Crippen LogP) is 4.04. The molecule has 0 radical (unpaired) electrons. The van der Waals surface area contributed by atoms with E-state index in [0.717, 1.165) is 32.1 Å². The summed E-state index contributed by atoms with van der Waals surface area (Å²) in [7, 11) is 0. The fourth-order valence-corrected chi connectivity index (χ4v) is 2.12. The Morgan fingerprint density at radius 2 is 1.18 bits per heavy atom. The Morgan fingerprint density at radius 1 is 0.706 bits per heavy atom. The molecule has 0 aliphatic carbocycles. The third-order valence-corrected chi connectivity index (χ3v) is 3.30. The van der Waals surface area contributed by atoms with Crippen molar-refractivity contribution < 1.29 is 10.2 Å². The molecule has 2 heteroatoms. The van der Waals surface area contributed by atoms with Gasteiger partial charge in [0.1, 0.15) is 0 Å². The largest absolute Gasteiger partial charge is 0.393 e. The van der Waals surface area contributed by atoms with Gasteiger partial charge in [-0.15, -0.1) is 0 Å². The molecule has 104 valence electrons. The van der Waals surface area contributed by atoms with Crippen molar-refractivity contribution in [2.24, 2.45) is 0 Å². The van der Waals surface area contributed by atoms with Crippen molar-refractivity contribution in [3.63, 3.8) is 0 Å². The maximum absolute atomic E-state index is 9.75. The molecule has 0 saturated heterocycles. The van der Waals surface area contributed by atoms with Crippen molar-refractivity contribution in [2.75, 3.05) is 0 Å². The summed E-state index contributed by atoms with van der Waals surface area (Å²) in [5.41, 5.74) is 0. The molecule has 0 amide bonds. The second kappa shape index (κ2) is 12.4. The van der Waals surface area contributed by atoms with Crippen LogP contribution in [0.15, 0.2) is 0 Å². The average Bonchev–Trinajstić information content (AvgIpc) is 2.29. The lowest BCUT2D eigenvalue weighted by Gasteiger charge is -2.10. The minimum atomic E-state index is -0.189. The molecule has 17 heavy (non-hydrogen) atoms. The lowest BCUT2D eigenvalue weighted by molar-refractivity contribution is 0.141. The highest BCUT2D eigenvalue weighted by Crippen LogP contribution is 2.13. The van der Waals surface area contributed by atoms with Crippen LogP contribution >= 0.6 is 0 Å². The first kappa shape index (κ1) is 16.9. The van der Waals surface area contributed by atoms with E-state index in [4.69, 9.17) is 5.11 Å². The zero-order valence-electron chi connectivity index (χ0n) is 11.8. The number of hydrogen-bond donors (Lipinski definition) is 2. The van der Waals surface area contributed by atoms with Gasteiger partial charge in [0.25, 0.3) is 0 Å². The van der Waals surface area contributed by atoms with Crippen LogP contribution in [0.3, 0.4) is 0 Å². The molecule has 0 aliphatic heterocycles. The number of hydrogen-bond acceptors (Lipinski definition) is 2. The molecule has 0 rings (SSSR count). The summed E-state index contributed by atoms with van der Waals surface area (Å²) in [5, 5.41) is 18.9. The van der Waals surface area contributed by atoms with Crippen LogP contribution in [0.5, 0.6) is 0 Å². The molecule has 2 nitrogen and oxygen atoms in total. The van der Waals surface area contributed by atoms with Crippen molar-refractivity contribution in [1.82, 2.24) is 0 Å². The molecule has 2 N–H and O–H groups in total. The fourth-order valence-electron chi connectivity index (χ4n) is 2.12. The van der Waals surface area contributed by atoms with Gasteiger partial charge in [0.2, 0.25) is 0 Å². The molecule has 2 atom stereocenters. The van der Waals surface area contributed by atoms with Crippen molar-refractivity contribution >= 4 is 0 Å². The van der Waals surface area contributed by atoms with E-state index >= 15 is 0 Å². The molecule has 0 saturated carbocycles. The highest BCUT2D eigenvalue weighted by Gasteiger charge is 2.04. The molecule has 0 fully saturated rings. The van der Waals surface area contributed by atoms with Gasteiger partial charge in [-0.1, -0.05) is 58.3 Å². The maximum Gasteiger partial charge on any atom is 0.0540 e. The van der Waals surface area contributed by atoms with E-state index in [9.17, 15) is 5.11 Å². The molecule has 0 bridgehead atoms. The highest BCUT2D eigenvalue weighted by molar-refractivity contribution is 4.58. The molecule has 0 aliphatic rings. The standard InChI is InChI=1S/C15H32O2/c1-3-4-5-6-7-8-12-15(17)13-10-9-11-14(2)16/h14-17H,3-13H2,1-2H3. The molecular formula is C15H32O2. The van der Waals surface area contributed by atoms with Crippen LogP contribution in [0.25, 0.3) is 0 Å². The third kappa shape index (κ3) is 13.9. The zero-order chi connectivity index (χ0) is 12.9. The SMILES string of the molecule is CCCCCCCCC(O)CCCCC(C)O. The van der Waals surface area contributed by atoms with E-state index in [1.54, 1.807) is 0 Å². The summed E-state index contributed by atoms with van der Waals surface area (Å²) in [5.74, 6) is 0. The van der Waals surface area contributed by atoms with Crippen LogP contribution in [0.2, 0.25) is 0 Å². The smallest absolute Gasteiger partial charge is 0.0540 e. The molecule has 0 aromatic heterocycles. The second-order valence-electron chi connectivity index (χ2n) is 5.34. The Bertz CT molecular complexity index is 146. The van der Waals surface area contributed by atoms with E-state index in [1.807, 2.05) is 6.92 Å². The van der Waals surface area contributed by atoms with Crippen LogP contribution in [0, 0.1) is 0 Å². The Labute approximate surface area is 107 Å². The Hall–Kier alpha value is -0.0800. The Morgan fingerprint density at radius 3 is 1.76 bits per heavy atom. The minimum Gasteiger partial charge on any atom is -0.393 e. The maximum atomic E-state index is 9.75. The molecule has 0 spiro atoms. The van der Waals surface area contributed by atoms with Crippen molar-refractivity contribution in [2.45, 2.75) is 96.7 Å². The highest BCUT2D eigenvalue weighted by atomic mass is 16.3. The van der Waals surface area contributed by atoms with Gasteiger partial charge in [-0.25, -0.2) is 0 Å². The first-order valence-electron chi connectivity index (χ1n) is 7.53. The molecule has 2 unspecified atom stereocenters. The summed E-state index contributed by atoms with van der Waals surface area (Å²) >= 11 is 0. The van der Waals surface area contributed by atoms with Gasteiger partial charge in [0, 0.05) is 0 Å². The van der Waals surface area contributed by atoms with Crippen molar-refractivity contribution in [1.29, 1.82) is 0 Å². The van der Waals surface area contributed by atoms with Crippen LogP contribution in [0.1, 0.15) is 84.5 Å². The average molecular weight is 244 g/mol. The summed E-state index contributed by atoms with van der Waals surface area (Å²) < 4.78 is 0. The van der Waals surface area contributed by atoms with E-state index in [2.05, 4.69) is 6.92 Å². The third-order valence-electron chi connectivity index (χ3n) is 3.30. The first-order chi connectivity index (χ1) is 8.16. The lowest BCUT2D eigenvalue weighted by atomic mass is 10.0. The van der Waals surface area contributed by atoms with Gasteiger partial charge >= 0.3 is 0 Å². The Kier molecular flexibility index (Phi) is 12.3. The van der Waals surface area contributed by atoms with Gasteiger partial charge in [-0.2, -0.15) is 0 Å². The van der Waals surface area contributed by atoms with Gasteiger partial charge in [0.05, 0.1) is 12.2 Å². The number of unbranched alkanes of at least 4 members (excludes halogenated alkanes) is 6. The second-order valence-corrected chi connectivity index (χ2v) is 5.34. The van der Waals surface area contributed by atoms with E-state index in [0.29, 0.717) is 0 Å². The molecule has 0 heterocycles. The van der Waals surface area contributed by atoms with Crippen LogP contribution in [-0.4, -0.2) is 22.4 Å². The lowest BCUT2D eigenvalue weighted by Crippen LogP contribution is -2.07. The summed E-state index contributed by atoms with van der Waals surface area (Å²) in [6.07, 6.45) is 12.3. The number of aliphatic hydroxyl groups excluding tert-OH is 2. The summed E-state index contributed by atoms with van der Waals surface area (Å²) in [6, 6.07) is 0. The van der Waals surface area contributed by atoms with E-state index in [-0.39, 0.29) is 12.2 Å². The van der Waals surface area contributed by atoms with E-state index < -0.39 is 0 Å². The number of rotatable bonds is 12. The topological polar surface area (TPSA) is 40.5 Å². The molecule has 0 aromatic rings. The van der Waals surface area contributed by atoms with Crippen LogP contribution < -0.4 is 0 Å². The molecule has 0 aromatic carbocycles. The van der Waals surface area contributed by atoms with Gasteiger partial charge in [-0.3, -0.25) is 0 Å². The zero-order valence-corrected chi connectivity index (χ0v) is 11.8. The quantitative estimate of drug-likeness (QED) is 0.509. The normalized spacial score (nSPS) is 14.8. The van der Waals surface area contributed by atoms with Gasteiger partial charge in [0.15, 0.2) is 0 Å². The van der Waals surface area contributed by atoms with Crippen molar-refractivity contribution in [3.05, 3.63) is 0 Å². The van der Waals surface area contributed by atoms with E-state index in [1.165, 1.54) is 38.5 Å². The minimum absolute atomic E-state index is 0.116. The summed E-state index contributed by atoms with van der Waals surface area (Å²) in [6.45, 7) is 4.06. The van der Waals surface area contributed by atoms with Gasteiger partial charge in [-0.05, 0) is 26.2 Å². The van der Waals surface area contributed by atoms with Gasteiger partial charge < -0.3 is 10.2 Å². The predicted molar refractivity (Wildman–Crippen MR) is 74.1 cm³/mol. The Balaban J connectivity index is 3.14. The van der Waals surface area contributed by atoms with Crippen molar-refractivity contribution in [3.8, 4) is 0 Å². The molecular weight excluding hydrogens is 212 g/mol. The van der Waals surface area contributed by atoms with Crippen LogP contribution in [-0.2, 0) is 0 Å². The number of aliphatic hydroxyl groups is 2. The fraction of sp³-hybridized carbons (Fsp3) is 1.00. The first-order valence-corrected chi connectivity index (χ1v) is 7.53. The van der Waals surface area contributed by atoms with Crippen LogP contribution in [0.4, 0.5) is 0 Å². The monoisotopic (exact) mass is 244 g/mol.